The molecule has 0 bridgehead atoms. The molecule has 0 N–H and O–H groups in total. The van der Waals surface area contributed by atoms with Gasteiger partial charge in [0, 0.05) is 36.3 Å². The fourth-order valence-electron chi connectivity index (χ4n) is 4.45. The number of piperidine rings is 1. The maximum Gasteiger partial charge on any atom is 0.416 e. The fourth-order valence-corrected chi connectivity index (χ4v) is 4.45. The lowest BCUT2D eigenvalue weighted by molar-refractivity contribution is -0.389. The third-order valence-electron chi connectivity index (χ3n) is 5.99. The Labute approximate surface area is 177 Å². The van der Waals surface area contributed by atoms with E-state index in [0.29, 0.717) is 19.1 Å². The standard InChI is InChI=1S/C20H24F3N5O3/c1-19(13-27-11-17(28(29)30)24-18(27)31-19)12-25(2)15-7-9-26(10-8-15)16-5-3-14(4-6-16)20(21,22)23/h3-6,11,15H,7-10,12-13H2,1-2H3/t19-/m0/s1. The highest BCUT2D eigenvalue weighted by Gasteiger charge is 2.42. The van der Waals surface area contributed by atoms with Crippen LogP contribution in [0.2, 0.25) is 0 Å². The van der Waals surface area contributed by atoms with Gasteiger partial charge in [-0.25, -0.2) is 0 Å². The molecule has 4 rings (SSSR count). The molecule has 1 fully saturated rings. The Morgan fingerprint density at radius 2 is 1.94 bits per heavy atom. The van der Waals surface area contributed by atoms with Gasteiger partial charge in [0.15, 0.2) is 0 Å². The second-order valence-electron chi connectivity index (χ2n) is 8.50. The normalized spacial score (nSPS) is 21.9. The molecule has 2 aromatic rings. The minimum Gasteiger partial charge on any atom is -0.436 e. The van der Waals surface area contributed by atoms with Gasteiger partial charge < -0.3 is 19.8 Å². The van der Waals surface area contributed by atoms with Gasteiger partial charge >= 0.3 is 18.0 Å². The monoisotopic (exact) mass is 439 g/mol. The van der Waals surface area contributed by atoms with E-state index in [2.05, 4.69) is 14.8 Å². The number of hydrogen-bond donors (Lipinski definition) is 0. The van der Waals surface area contributed by atoms with Crippen LogP contribution in [-0.2, 0) is 12.7 Å². The lowest BCUT2D eigenvalue weighted by atomic mass is 9.99. The zero-order chi connectivity index (χ0) is 22.4. The van der Waals surface area contributed by atoms with Gasteiger partial charge in [-0.05, 0) is 56.0 Å². The van der Waals surface area contributed by atoms with E-state index in [0.717, 1.165) is 43.8 Å². The number of likely N-dealkylation sites (N-methyl/N-ethyl adjacent to an activating group) is 1. The first-order chi connectivity index (χ1) is 14.5. The van der Waals surface area contributed by atoms with Crippen LogP contribution in [0.25, 0.3) is 0 Å². The van der Waals surface area contributed by atoms with Gasteiger partial charge in [0.25, 0.3) is 0 Å². The van der Waals surface area contributed by atoms with Gasteiger partial charge in [0.2, 0.25) is 0 Å². The second kappa shape index (κ2) is 7.70. The number of imidazole rings is 1. The summed E-state index contributed by atoms with van der Waals surface area (Å²) in [5.74, 6) is -0.221. The SMILES string of the molecule is CN(C[C@@]1(C)Cn2cc([N+](=O)[O-])nc2O1)C1CCN(c2ccc(C(F)(F)F)cc2)CC1. The number of nitrogens with zero attached hydrogens (tertiary/aromatic N) is 5. The summed E-state index contributed by atoms with van der Waals surface area (Å²) >= 11 is 0. The zero-order valence-electron chi connectivity index (χ0n) is 17.3. The van der Waals surface area contributed by atoms with Crippen LogP contribution in [-0.4, -0.2) is 57.7 Å². The fraction of sp³-hybridized carbons (Fsp3) is 0.550. The molecule has 2 aliphatic rings. The Balaban J connectivity index is 1.31. The van der Waals surface area contributed by atoms with E-state index in [1.54, 1.807) is 4.57 Å². The van der Waals surface area contributed by atoms with Crippen LogP contribution in [0, 0.1) is 10.1 Å². The van der Waals surface area contributed by atoms with Crippen LogP contribution in [0.15, 0.2) is 30.5 Å². The molecule has 0 spiro atoms. The molecule has 11 heteroatoms. The molecule has 0 radical (unpaired) electrons. The van der Waals surface area contributed by atoms with Crippen LogP contribution in [0.4, 0.5) is 24.7 Å². The number of anilines is 1. The van der Waals surface area contributed by atoms with Gasteiger partial charge in [-0.3, -0.25) is 9.47 Å². The summed E-state index contributed by atoms with van der Waals surface area (Å²) in [6.07, 6.45) is -1.18. The number of ether oxygens (including phenoxy) is 1. The van der Waals surface area contributed by atoms with Crippen molar-refractivity contribution in [2.45, 2.75) is 44.1 Å². The molecular weight excluding hydrogens is 415 g/mol. The van der Waals surface area contributed by atoms with Crippen molar-refractivity contribution < 1.29 is 22.8 Å². The molecule has 2 aliphatic heterocycles. The highest BCUT2D eigenvalue weighted by molar-refractivity contribution is 5.48. The number of aromatic nitrogens is 2. The minimum absolute atomic E-state index is 0.221. The van der Waals surface area contributed by atoms with Crippen LogP contribution < -0.4 is 9.64 Å². The molecule has 168 valence electrons. The summed E-state index contributed by atoms with van der Waals surface area (Å²) in [7, 11) is 2.02. The maximum absolute atomic E-state index is 12.8. The number of fused-ring (bicyclic) bond motifs is 1. The predicted octanol–water partition coefficient (Wildman–Crippen LogP) is 3.56. The molecule has 1 aromatic carbocycles. The van der Waals surface area contributed by atoms with Crippen molar-refractivity contribution in [2.24, 2.45) is 0 Å². The van der Waals surface area contributed by atoms with E-state index in [-0.39, 0.29) is 11.8 Å². The lowest BCUT2D eigenvalue weighted by Crippen LogP contribution is -2.50. The van der Waals surface area contributed by atoms with Crippen molar-refractivity contribution in [3.63, 3.8) is 0 Å². The first-order valence-electron chi connectivity index (χ1n) is 10.1. The average molecular weight is 439 g/mol. The van der Waals surface area contributed by atoms with E-state index in [4.69, 9.17) is 4.74 Å². The topological polar surface area (TPSA) is 76.7 Å². The first kappa shape index (κ1) is 21.4. The molecule has 1 saturated heterocycles. The summed E-state index contributed by atoms with van der Waals surface area (Å²) in [5, 5.41) is 10.9. The van der Waals surface area contributed by atoms with E-state index >= 15 is 0 Å². The number of nitro groups is 1. The summed E-state index contributed by atoms with van der Waals surface area (Å²) < 4.78 is 45.9. The molecule has 1 atom stereocenters. The van der Waals surface area contributed by atoms with Gasteiger partial charge in [0.1, 0.15) is 11.8 Å². The highest BCUT2D eigenvalue weighted by atomic mass is 19.4. The zero-order valence-corrected chi connectivity index (χ0v) is 17.3. The van der Waals surface area contributed by atoms with Gasteiger partial charge in [-0.1, -0.05) is 0 Å². The Morgan fingerprint density at radius 1 is 1.29 bits per heavy atom. The average Bonchev–Trinajstić information content (AvgIpc) is 3.22. The Kier molecular flexibility index (Phi) is 5.32. The van der Waals surface area contributed by atoms with Crippen molar-refractivity contribution in [1.82, 2.24) is 14.5 Å². The molecule has 0 aliphatic carbocycles. The summed E-state index contributed by atoms with van der Waals surface area (Å²) in [5.41, 5.74) is -0.371. The Morgan fingerprint density at radius 3 is 2.48 bits per heavy atom. The van der Waals surface area contributed by atoms with Crippen LogP contribution >= 0.6 is 0 Å². The van der Waals surface area contributed by atoms with Crippen molar-refractivity contribution in [1.29, 1.82) is 0 Å². The molecule has 3 heterocycles. The predicted molar refractivity (Wildman–Crippen MR) is 107 cm³/mol. The molecule has 0 saturated carbocycles. The Bertz CT molecular complexity index is 928. The lowest BCUT2D eigenvalue weighted by Gasteiger charge is -2.40. The van der Waals surface area contributed by atoms with Gasteiger partial charge in [-0.2, -0.15) is 13.2 Å². The smallest absolute Gasteiger partial charge is 0.416 e. The van der Waals surface area contributed by atoms with Gasteiger partial charge in [0.05, 0.1) is 12.1 Å². The summed E-state index contributed by atoms with van der Waals surface area (Å²) in [6.45, 7) is 4.59. The molecule has 1 aromatic heterocycles. The number of benzene rings is 1. The van der Waals surface area contributed by atoms with E-state index in [9.17, 15) is 23.3 Å². The highest BCUT2D eigenvalue weighted by Crippen LogP contribution is 2.33. The third kappa shape index (κ3) is 4.46. The molecular formula is C20H24F3N5O3. The molecule has 0 unspecified atom stereocenters. The number of halogens is 3. The number of alkyl halides is 3. The van der Waals surface area contributed by atoms with Crippen molar-refractivity contribution in [3.8, 4) is 6.01 Å². The maximum atomic E-state index is 12.8. The van der Waals surface area contributed by atoms with E-state index in [1.165, 1.54) is 18.3 Å². The van der Waals surface area contributed by atoms with Gasteiger partial charge in [-0.15, -0.1) is 0 Å². The van der Waals surface area contributed by atoms with Crippen LogP contribution in [0.5, 0.6) is 6.01 Å². The number of rotatable bonds is 5. The third-order valence-corrected chi connectivity index (χ3v) is 5.99. The van der Waals surface area contributed by atoms with E-state index in [1.807, 2.05) is 14.0 Å². The Hall–Kier alpha value is -2.82. The van der Waals surface area contributed by atoms with Crippen molar-refractivity contribution >= 4 is 11.5 Å². The molecule has 8 nitrogen and oxygen atoms in total. The summed E-state index contributed by atoms with van der Waals surface area (Å²) in [6, 6.07) is 5.88. The first-order valence-corrected chi connectivity index (χ1v) is 10.1. The van der Waals surface area contributed by atoms with Crippen molar-refractivity contribution in [3.05, 3.63) is 46.1 Å². The van der Waals surface area contributed by atoms with Crippen molar-refractivity contribution in [2.75, 3.05) is 31.6 Å². The summed E-state index contributed by atoms with van der Waals surface area (Å²) in [4.78, 5) is 18.6. The second-order valence-corrected chi connectivity index (χ2v) is 8.50. The largest absolute Gasteiger partial charge is 0.436 e. The van der Waals surface area contributed by atoms with Crippen LogP contribution in [0.1, 0.15) is 25.3 Å². The molecule has 0 amide bonds. The minimum atomic E-state index is -4.33. The molecule has 31 heavy (non-hydrogen) atoms. The number of hydrogen-bond acceptors (Lipinski definition) is 6. The van der Waals surface area contributed by atoms with Crippen LogP contribution in [0.3, 0.4) is 0 Å². The van der Waals surface area contributed by atoms with E-state index < -0.39 is 22.3 Å². The quantitative estimate of drug-likeness (QED) is 0.524.